The monoisotopic (exact) mass is 305 g/mol. The van der Waals surface area contributed by atoms with Crippen LogP contribution < -0.4 is 10.6 Å². The Kier molecular flexibility index (Phi) is 5.04. The van der Waals surface area contributed by atoms with Crippen molar-refractivity contribution in [2.75, 3.05) is 5.32 Å². The fourth-order valence-corrected chi connectivity index (χ4v) is 1.74. The van der Waals surface area contributed by atoms with E-state index in [0.29, 0.717) is 17.1 Å². The van der Waals surface area contributed by atoms with Crippen LogP contribution in [0.15, 0.2) is 36.5 Å². The van der Waals surface area contributed by atoms with Gasteiger partial charge in [-0.2, -0.15) is 0 Å². The molecule has 0 spiro atoms. The Morgan fingerprint density at radius 1 is 1.18 bits per heavy atom. The van der Waals surface area contributed by atoms with Crippen LogP contribution in [0.1, 0.15) is 30.8 Å². The highest BCUT2D eigenvalue weighted by Gasteiger charge is 2.10. The third-order valence-electron chi connectivity index (χ3n) is 3.19. The second kappa shape index (κ2) is 6.98. The van der Waals surface area contributed by atoms with E-state index in [1.165, 1.54) is 12.3 Å². The van der Waals surface area contributed by atoms with Gasteiger partial charge in [0.2, 0.25) is 0 Å². The van der Waals surface area contributed by atoms with Gasteiger partial charge in [0.05, 0.1) is 11.9 Å². The third-order valence-corrected chi connectivity index (χ3v) is 3.19. The molecule has 0 aliphatic heterocycles. The number of amides is 1. The van der Waals surface area contributed by atoms with E-state index in [2.05, 4.69) is 15.6 Å². The molecule has 1 aromatic heterocycles. The average Bonchev–Trinajstić information content (AvgIpc) is 2.51. The second-order valence-electron chi connectivity index (χ2n) is 4.97. The summed E-state index contributed by atoms with van der Waals surface area (Å²) in [4.78, 5) is 15.9. The molecule has 1 heterocycles. The molecule has 0 aliphatic rings. The molecule has 2 aromatic rings. The van der Waals surface area contributed by atoms with Gasteiger partial charge in [-0.25, -0.2) is 13.8 Å². The quantitative estimate of drug-likeness (QED) is 0.887. The number of anilines is 2. The third kappa shape index (κ3) is 4.00. The van der Waals surface area contributed by atoms with Crippen molar-refractivity contribution in [3.05, 3.63) is 53.9 Å². The van der Waals surface area contributed by atoms with E-state index in [1.807, 2.05) is 13.8 Å². The number of halogens is 2. The van der Waals surface area contributed by atoms with Crippen molar-refractivity contribution in [2.45, 2.75) is 26.3 Å². The number of hydrogen-bond donors (Lipinski definition) is 2. The molecule has 4 nitrogen and oxygen atoms in total. The standard InChI is InChI=1S/C16H17F2N3O/c1-3-10(2)20-16(22)15-7-5-12(9-19-15)21-11-4-6-13(17)14(18)8-11/h4-10,21H,3H2,1-2H3,(H,20,22). The molecule has 0 fully saturated rings. The molecule has 22 heavy (non-hydrogen) atoms. The van der Waals surface area contributed by atoms with Crippen LogP contribution in [0.5, 0.6) is 0 Å². The summed E-state index contributed by atoms with van der Waals surface area (Å²) in [6, 6.07) is 6.81. The summed E-state index contributed by atoms with van der Waals surface area (Å²) in [6.45, 7) is 3.89. The van der Waals surface area contributed by atoms with Gasteiger partial charge in [-0.1, -0.05) is 6.92 Å². The molecule has 0 aliphatic carbocycles. The van der Waals surface area contributed by atoms with E-state index < -0.39 is 11.6 Å². The lowest BCUT2D eigenvalue weighted by molar-refractivity contribution is 0.0934. The van der Waals surface area contributed by atoms with Crippen molar-refractivity contribution in [2.24, 2.45) is 0 Å². The topological polar surface area (TPSA) is 54.0 Å². The van der Waals surface area contributed by atoms with Crippen LogP contribution in [-0.4, -0.2) is 16.9 Å². The number of carbonyl (C=O) groups is 1. The largest absolute Gasteiger partial charge is 0.354 e. The maximum atomic E-state index is 13.1. The first-order valence-electron chi connectivity index (χ1n) is 6.98. The summed E-state index contributed by atoms with van der Waals surface area (Å²) in [5.41, 5.74) is 1.28. The molecule has 6 heteroatoms. The zero-order chi connectivity index (χ0) is 16.1. The maximum Gasteiger partial charge on any atom is 0.270 e. The highest BCUT2D eigenvalue weighted by Crippen LogP contribution is 2.18. The Balaban J connectivity index is 2.05. The van der Waals surface area contributed by atoms with Gasteiger partial charge >= 0.3 is 0 Å². The predicted octanol–water partition coefficient (Wildman–Crippen LogP) is 3.63. The molecular formula is C16H17F2N3O. The van der Waals surface area contributed by atoms with E-state index in [4.69, 9.17) is 0 Å². The van der Waals surface area contributed by atoms with Crippen LogP contribution in [0.4, 0.5) is 20.2 Å². The fraction of sp³-hybridized carbons (Fsp3) is 0.250. The van der Waals surface area contributed by atoms with Gasteiger partial charge in [-0.05, 0) is 37.6 Å². The van der Waals surface area contributed by atoms with Crippen LogP contribution >= 0.6 is 0 Å². The first kappa shape index (κ1) is 15.9. The van der Waals surface area contributed by atoms with Crippen molar-refractivity contribution in [1.82, 2.24) is 10.3 Å². The lowest BCUT2D eigenvalue weighted by atomic mass is 10.2. The van der Waals surface area contributed by atoms with E-state index in [0.717, 1.165) is 18.6 Å². The molecule has 116 valence electrons. The summed E-state index contributed by atoms with van der Waals surface area (Å²) in [7, 11) is 0. The van der Waals surface area contributed by atoms with Crippen LogP contribution in [-0.2, 0) is 0 Å². The molecule has 1 atom stereocenters. The van der Waals surface area contributed by atoms with E-state index in [-0.39, 0.29) is 11.9 Å². The number of nitrogens with zero attached hydrogens (tertiary/aromatic N) is 1. The number of carbonyl (C=O) groups excluding carboxylic acids is 1. The minimum atomic E-state index is -0.928. The predicted molar refractivity (Wildman–Crippen MR) is 81.1 cm³/mol. The number of pyridine rings is 1. The van der Waals surface area contributed by atoms with Crippen molar-refractivity contribution in [3.8, 4) is 0 Å². The molecule has 1 unspecified atom stereocenters. The molecule has 2 rings (SSSR count). The van der Waals surface area contributed by atoms with Crippen molar-refractivity contribution < 1.29 is 13.6 Å². The van der Waals surface area contributed by atoms with Gasteiger partial charge in [0.15, 0.2) is 11.6 Å². The van der Waals surface area contributed by atoms with Crippen LogP contribution in [0.3, 0.4) is 0 Å². The summed E-state index contributed by atoms with van der Waals surface area (Å²) < 4.78 is 26.0. The zero-order valence-electron chi connectivity index (χ0n) is 12.4. The van der Waals surface area contributed by atoms with E-state index in [9.17, 15) is 13.6 Å². The SMILES string of the molecule is CCC(C)NC(=O)c1ccc(Nc2ccc(F)c(F)c2)cn1. The van der Waals surface area contributed by atoms with Gasteiger partial charge in [-0.15, -0.1) is 0 Å². The number of aromatic nitrogens is 1. The number of hydrogen-bond acceptors (Lipinski definition) is 3. The van der Waals surface area contributed by atoms with Crippen LogP contribution in [0, 0.1) is 11.6 Å². The first-order chi connectivity index (χ1) is 10.5. The Morgan fingerprint density at radius 3 is 2.50 bits per heavy atom. The maximum absolute atomic E-state index is 13.1. The molecule has 1 aromatic carbocycles. The average molecular weight is 305 g/mol. The molecule has 1 amide bonds. The highest BCUT2D eigenvalue weighted by atomic mass is 19.2. The van der Waals surface area contributed by atoms with Gasteiger partial charge in [0, 0.05) is 17.8 Å². The zero-order valence-corrected chi connectivity index (χ0v) is 12.4. The first-order valence-corrected chi connectivity index (χ1v) is 6.98. The minimum Gasteiger partial charge on any atom is -0.354 e. The Hall–Kier alpha value is -2.50. The minimum absolute atomic E-state index is 0.0780. The molecular weight excluding hydrogens is 288 g/mol. The summed E-state index contributed by atoms with van der Waals surface area (Å²) >= 11 is 0. The summed E-state index contributed by atoms with van der Waals surface area (Å²) in [5, 5.41) is 5.70. The Bertz CT molecular complexity index is 659. The van der Waals surface area contributed by atoms with Crippen molar-refractivity contribution in [3.63, 3.8) is 0 Å². The Labute approximate surface area is 127 Å². The van der Waals surface area contributed by atoms with E-state index in [1.54, 1.807) is 12.1 Å². The number of nitrogens with one attached hydrogen (secondary N) is 2. The van der Waals surface area contributed by atoms with Gasteiger partial charge in [-0.3, -0.25) is 4.79 Å². The smallest absolute Gasteiger partial charge is 0.270 e. The highest BCUT2D eigenvalue weighted by molar-refractivity contribution is 5.92. The molecule has 0 saturated heterocycles. The normalized spacial score (nSPS) is 11.8. The number of benzene rings is 1. The van der Waals surface area contributed by atoms with Gasteiger partial charge in [0.1, 0.15) is 5.69 Å². The second-order valence-corrected chi connectivity index (χ2v) is 4.97. The number of rotatable bonds is 5. The van der Waals surface area contributed by atoms with Crippen molar-refractivity contribution in [1.29, 1.82) is 0 Å². The molecule has 2 N–H and O–H groups in total. The van der Waals surface area contributed by atoms with Gasteiger partial charge in [0.25, 0.3) is 5.91 Å². The van der Waals surface area contributed by atoms with E-state index >= 15 is 0 Å². The lowest BCUT2D eigenvalue weighted by Gasteiger charge is -2.11. The van der Waals surface area contributed by atoms with Crippen LogP contribution in [0.25, 0.3) is 0 Å². The van der Waals surface area contributed by atoms with Gasteiger partial charge < -0.3 is 10.6 Å². The molecule has 0 radical (unpaired) electrons. The Morgan fingerprint density at radius 2 is 1.91 bits per heavy atom. The lowest BCUT2D eigenvalue weighted by Crippen LogP contribution is -2.32. The summed E-state index contributed by atoms with van der Waals surface area (Å²) in [5.74, 6) is -2.07. The summed E-state index contributed by atoms with van der Waals surface area (Å²) in [6.07, 6.45) is 2.30. The fourth-order valence-electron chi connectivity index (χ4n) is 1.74. The van der Waals surface area contributed by atoms with Crippen LogP contribution in [0.2, 0.25) is 0 Å². The molecule has 0 bridgehead atoms. The van der Waals surface area contributed by atoms with Crippen molar-refractivity contribution >= 4 is 17.3 Å². The molecule has 0 saturated carbocycles.